The van der Waals surface area contributed by atoms with Gasteiger partial charge in [-0.3, -0.25) is 4.79 Å². The first-order chi connectivity index (χ1) is 9.66. The second-order valence-corrected chi connectivity index (χ2v) is 4.81. The molecule has 3 amide bonds. The van der Waals surface area contributed by atoms with Crippen molar-refractivity contribution in [3.63, 3.8) is 0 Å². The Morgan fingerprint density at radius 1 is 1.00 bits per heavy atom. The van der Waals surface area contributed by atoms with Crippen LogP contribution in [0.1, 0.15) is 17.2 Å². The minimum atomic E-state index is -0.607. The Balaban J connectivity index is 1.95. The molecule has 0 radical (unpaired) electrons. The van der Waals surface area contributed by atoms with Gasteiger partial charge < -0.3 is 5.32 Å². The number of nitrogens with one attached hydrogen (secondary N) is 1. The number of carbonyl (C=O) groups excluding carboxylic acids is 2. The van der Waals surface area contributed by atoms with Crippen molar-refractivity contribution in [2.24, 2.45) is 0 Å². The summed E-state index contributed by atoms with van der Waals surface area (Å²) in [5.74, 6) is -0.244. The average Bonchev–Trinajstić information content (AvgIpc) is 2.75. The molecule has 20 heavy (non-hydrogen) atoms. The summed E-state index contributed by atoms with van der Waals surface area (Å²) < 4.78 is 0. The quantitative estimate of drug-likeness (QED) is 0.850. The first-order valence-corrected chi connectivity index (χ1v) is 6.43. The Labute approximate surface area is 117 Å². The van der Waals surface area contributed by atoms with Gasteiger partial charge >= 0.3 is 6.03 Å². The number of aryl methyl sites for hydroxylation is 1. The van der Waals surface area contributed by atoms with E-state index in [4.69, 9.17) is 0 Å². The average molecular weight is 266 g/mol. The van der Waals surface area contributed by atoms with Crippen LogP contribution in [0.15, 0.2) is 54.6 Å². The molecule has 1 N–H and O–H groups in total. The molecule has 1 aliphatic rings. The van der Waals surface area contributed by atoms with E-state index in [1.165, 1.54) is 4.90 Å². The Kier molecular flexibility index (Phi) is 2.99. The Morgan fingerprint density at radius 3 is 2.45 bits per heavy atom. The second-order valence-electron chi connectivity index (χ2n) is 4.81. The van der Waals surface area contributed by atoms with Gasteiger partial charge in [0.2, 0.25) is 0 Å². The maximum absolute atomic E-state index is 12.5. The molecule has 4 heteroatoms. The van der Waals surface area contributed by atoms with Gasteiger partial charge in [0.25, 0.3) is 5.91 Å². The summed E-state index contributed by atoms with van der Waals surface area (Å²) in [6.07, 6.45) is 0. The number of hydrogen-bond acceptors (Lipinski definition) is 2. The van der Waals surface area contributed by atoms with Gasteiger partial charge in [-0.25, -0.2) is 9.69 Å². The topological polar surface area (TPSA) is 49.4 Å². The lowest BCUT2D eigenvalue weighted by atomic mass is 10.1. The summed E-state index contributed by atoms with van der Waals surface area (Å²) in [4.78, 5) is 25.7. The zero-order valence-electron chi connectivity index (χ0n) is 11.0. The van der Waals surface area contributed by atoms with Crippen LogP contribution >= 0.6 is 0 Å². The van der Waals surface area contributed by atoms with Crippen molar-refractivity contribution in [3.8, 4) is 0 Å². The molecule has 1 atom stereocenters. The lowest BCUT2D eigenvalue weighted by molar-refractivity contribution is -0.118. The van der Waals surface area contributed by atoms with Gasteiger partial charge in [0, 0.05) is 0 Å². The molecular formula is C16H14N2O2. The van der Waals surface area contributed by atoms with Gasteiger partial charge in [-0.05, 0) is 30.2 Å². The molecule has 0 aliphatic carbocycles. The fraction of sp³-hybridized carbons (Fsp3) is 0.125. The van der Waals surface area contributed by atoms with E-state index in [9.17, 15) is 9.59 Å². The maximum Gasteiger partial charge on any atom is 0.329 e. The minimum Gasteiger partial charge on any atom is -0.321 e. The van der Waals surface area contributed by atoms with Crippen LogP contribution in [0.2, 0.25) is 0 Å². The molecule has 100 valence electrons. The molecule has 4 nitrogen and oxygen atoms in total. The zero-order chi connectivity index (χ0) is 14.1. The Morgan fingerprint density at radius 2 is 1.75 bits per heavy atom. The fourth-order valence-corrected chi connectivity index (χ4v) is 2.36. The van der Waals surface area contributed by atoms with Crippen LogP contribution in [-0.2, 0) is 4.79 Å². The largest absolute Gasteiger partial charge is 0.329 e. The van der Waals surface area contributed by atoms with Crippen LogP contribution in [0, 0.1) is 6.92 Å². The highest BCUT2D eigenvalue weighted by atomic mass is 16.2. The van der Waals surface area contributed by atoms with Crippen molar-refractivity contribution < 1.29 is 9.59 Å². The van der Waals surface area contributed by atoms with Gasteiger partial charge in [0.1, 0.15) is 6.04 Å². The van der Waals surface area contributed by atoms with Crippen molar-refractivity contribution in [3.05, 3.63) is 65.7 Å². The standard InChI is InChI=1S/C16H14N2O2/c1-11-6-5-9-13(10-11)18-15(19)14(17-16(18)20)12-7-3-2-4-8-12/h2-10,14H,1H3,(H,17,20). The molecule has 0 aromatic heterocycles. The third kappa shape index (κ3) is 2.05. The summed E-state index contributed by atoms with van der Waals surface area (Å²) in [7, 11) is 0. The van der Waals surface area contributed by atoms with Gasteiger partial charge in [-0.2, -0.15) is 0 Å². The fourth-order valence-electron chi connectivity index (χ4n) is 2.36. The number of urea groups is 1. The summed E-state index contributed by atoms with van der Waals surface area (Å²) >= 11 is 0. The van der Waals surface area contributed by atoms with Crippen LogP contribution in [0.25, 0.3) is 0 Å². The van der Waals surface area contributed by atoms with E-state index in [1.807, 2.05) is 55.5 Å². The molecule has 2 aromatic rings. The van der Waals surface area contributed by atoms with Crippen LogP contribution in [0.5, 0.6) is 0 Å². The summed E-state index contributed by atoms with van der Waals surface area (Å²) in [6, 6.07) is 15.6. The molecular weight excluding hydrogens is 252 g/mol. The predicted molar refractivity (Wildman–Crippen MR) is 76.4 cm³/mol. The van der Waals surface area contributed by atoms with Gasteiger partial charge in [-0.1, -0.05) is 42.5 Å². The minimum absolute atomic E-state index is 0.244. The number of rotatable bonds is 2. The van der Waals surface area contributed by atoms with E-state index >= 15 is 0 Å². The van der Waals surface area contributed by atoms with Crippen molar-refractivity contribution in [2.75, 3.05) is 4.90 Å². The molecule has 1 aliphatic heterocycles. The molecule has 3 rings (SSSR count). The van der Waals surface area contributed by atoms with Crippen molar-refractivity contribution >= 4 is 17.6 Å². The molecule has 0 saturated carbocycles. The molecule has 1 heterocycles. The molecule has 0 spiro atoms. The molecule has 1 fully saturated rings. The highest BCUT2D eigenvalue weighted by Crippen LogP contribution is 2.27. The molecule has 1 saturated heterocycles. The number of benzene rings is 2. The number of hydrogen-bond donors (Lipinski definition) is 1. The maximum atomic E-state index is 12.5. The predicted octanol–water partition coefficient (Wildman–Crippen LogP) is 2.79. The number of amides is 3. The number of carbonyl (C=O) groups is 2. The van der Waals surface area contributed by atoms with Crippen molar-refractivity contribution in [1.82, 2.24) is 5.32 Å². The highest BCUT2D eigenvalue weighted by molar-refractivity contribution is 6.21. The number of anilines is 1. The van der Waals surface area contributed by atoms with Gasteiger partial charge in [0.15, 0.2) is 0 Å². The summed E-state index contributed by atoms with van der Waals surface area (Å²) in [5.41, 5.74) is 2.40. The molecule has 1 unspecified atom stereocenters. The lowest BCUT2D eigenvalue weighted by Crippen LogP contribution is -2.30. The van der Waals surface area contributed by atoms with E-state index in [1.54, 1.807) is 6.07 Å². The monoisotopic (exact) mass is 266 g/mol. The van der Waals surface area contributed by atoms with E-state index in [0.717, 1.165) is 11.1 Å². The Hall–Kier alpha value is -2.62. The smallest absolute Gasteiger partial charge is 0.321 e. The van der Waals surface area contributed by atoms with Crippen LogP contribution in [-0.4, -0.2) is 11.9 Å². The van der Waals surface area contributed by atoms with E-state index in [0.29, 0.717) is 5.69 Å². The normalized spacial score (nSPS) is 18.2. The van der Waals surface area contributed by atoms with E-state index in [-0.39, 0.29) is 11.9 Å². The van der Waals surface area contributed by atoms with E-state index in [2.05, 4.69) is 5.32 Å². The highest BCUT2D eigenvalue weighted by Gasteiger charge is 2.39. The number of imide groups is 1. The molecule has 2 aromatic carbocycles. The van der Waals surface area contributed by atoms with E-state index < -0.39 is 6.04 Å². The summed E-state index contributed by atoms with van der Waals surface area (Å²) in [5, 5.41) is 2.73. The van der Waals surface area contributed by atoms with Gasteiger partial charge in [0.05, 0.1) is 5.69 Å². The first-order valence-electron chi connectivity index (χ1n) is 6.43. The van der Waals surface area contributed by atoms with Crippen molar-refractivity contribution in [2.45, 2.75) is 13.0 Å². The third-order valence-corrected chi connectivity index (χ3v) is 3.33. The molecule has 0 bridgehead atoms. The zero-order valence-corrected chi connectivity index (χ0v) is 11.0. The van der Waals surface area contributed by atoms with Crippen LogP contribution < -0.4 is 10.2 Å². The van der Waals surface area contributed by atoms with Crippen LogP contribution in [0.4, 0.5) is 10.5 Å². The van der Waals surface area contributed by atoms with Gasteiger partial charge in [-0.15, -0.1) is 0 Å². The third-order valence-electron chi connectivity index (χ3n) is 3.33. The van der Waals surface area contributed by atoms with Crippen LogP contribution in [0.3, 0.4) is 0 Å². The lowest BCUT2D eigenvalue weighted by Gasteiger charge is -2.13. The summed E-state index contributed by atoms with van der Waals surface area (Å²) in [6.45, 7) is 1.93. The second kappa shape index (κ2) is 4.81. The number of nitrogens with zero attached hydrogens (tertiary/aromatic N) is 1. The van der Waals surface area contributed by atoms with Crippen molar-refractivity contribution in [1.29, 1.82) is 0 Å². The SMILES string of the molecule is Cc1cccc(N2C(=O)NC(c3ccccc3)C2=O)c1. The Bertz CT molecular complexity index is 667. The first kappa shape index (κ1) is 12.4.